The molecule has 4 N–H and O–H groups in total. The van der Waals surface area contributed by atoms with Crippen LogP contribution >= 0.6 is 0 Å². The third-order valence-corrected chi connectivity index (χ3v) is 1.39. The minimum Gasteiger partial charge on any atom is -0.396 e. The normalized spacial score (nSPS) is 11.5. The van der Waals surface area contributed by atoms with Crippen molar-refractivity contribution in [1.82, 2.24) is 0 Å². The molecule has 0 saturated carbocycles. The van der Waals surface area contributed by atoms with Crippen molar-refractivity contribution in [2.24, 2.45) is 5.73 Å². The Morgan fingerprint density at radius 3 is 1.90 bits per heavy atom. The van der Waals surface area contributed by atoms with Crippen LogP contribution in [0.25, 0.3) is 0 Å². The van der Waals surface area contributed by atoms with Gasteiger partial charge < -0.3 is 20.7 Å². The highest BCUT2D eigenvalue weighted by Gasteiger charge is 2.22. The van der Waals surface area contributed by atoms with Gasteiger partial charge in [0, 0.05) is 13.2 Å². The van der Waals surface area contributed by atoms with Crippen LogP contribution in [0.3, 0.4) is 0 Å². The van der Waals surface area contributed by atoms with Gasteiger partial charge in [-0.15, -0.1) is 0 Å². The van der Waals surface area contributed by atoms with Gasteiger partial charge in [-0.1, -0.05) is 0 Å². The van der Waals surface area contributed by atoms with Gasteiger partial charge in [0.25, 0.3) is 0 Å². The summed E-state index contributed by atoms with van der Waals surface area (Å²) in [5.74, 6) is 0. The summed E-state index contributed by atoms with van der Waals surface area (Å²) in [6.45, 7) is -0.259. The maximum Gasteiger partial charge on any atom is 0.139 e. The number of aliphatic hydroxyl groups excluding tert-OH is 2. The monoisotopic (exact) mass is 147 g/mol. The lowest BCUT2D eigenvalue weighted by atomic mass is 9.95. The third kappa shape index (κ3) is 2.91. The van der Waals surface area contributed by atoms with Crippen LogP contribution in [0, 0.1) is 0 Å². The molecular formula is C6H13NO3. The first-order valence-corrected chi connectivity index (χ1v) is 3.15. The van der Waals surface area contributed by atoms with Crippen molar-refractivity contribution in [3.05, 3.63) is 0 Å². The average Bonchev–Trinajstić information content (AvgIpc) is 1.89. The van der Waals surface area contributed by atoms with Gasteiger partial charge in [-0.2, -0.15) is 0 Å². The zero-order valence-electron chi connectivity index (χ0n) is 5.79. The second-order valence-electron chi connectivity index (χ2n) is 2.30. The summed E-state index contributed by atoms with van der Waals surface area (Å²) in [4.78, 5) is 10.3. The van der Waals surface area contributed by atoms with E-state index in [9.17, 15) is 4.79 Å². The quantitative estimate of drug-likeness (QED) is 0.420. The molecule has 0 unspecified atom stereocenters. The Labute approximate surface area is 59.7 Å². The minimum absolute atomic E-state index is 0.130. The van der Waals surface area contributed by atoms with E-state index in [1.165, 1.54) is 0 Å². The molecule has 0 heterocycles. The molecule has 60 valence electrons. The molecule has 0 spiro atoms. The Morgan fingerprint density at radius 2 is 1.70 bits per heavy atom. The number of hydrogen-bond acceptors (Lipinski definition) is 4. The van der Waals surface area contributed by atoms with Crippen LogP contribution in [0.2, 0.25) is 0 Å². The van der Waals surface area contributed by atoms with E-state index in [0.29, 0.717) is 6.29 Å². The lowest BCUT2D eigenvalue weighted by molar-refractivity contribution is -0.113. The summed E-state index contributed by atoms with van der Waals surface area (Å²) in [5.41, 5.74) is 4.39. The lowest BCUT2D eigenvalue weighted by Crippen LogP contribution is -2.43. The molecule has 10 heavy (non-hydrogen) atoms. The predicted octanol–water partition coefficient (Wildman–Crippen LogP) is -1.35. The molecule has 0 bridgehead atoms. The van der Waals surface area contributed by atoms with Crippen LogP contribution in [-0.2, 0) is 4.79 Å². The van der Waals surface area contributed by atoms with Crippen molar-refractivity contribution < 1.29 is 15.0 Å². The molecule has 0 atom stereocenters. The van der Waals surface area contributed by atoms with E-state index in [1.807, 2.05) is 0 Å². The highest BCUT2D eigenvalue weighted by atomic mass is 16.3. The summed E-state index contributed by atoms with van der Waals surface area (Å²) in [5, 5.41) is 16.9. The number of nitrogens with two attached hydrogens (primary N) is 1. The fourth-order valence-corrected chi connectivity index (χ4v) is 0.659. The molecule has 0 aromatic rings. The highest BCUT2D eigenvalue weighted by molar-refractivity contribution is 5.63. The van der Waals surface area contributed by atoms with Crippen molar-refractivity contribution >= 4 is 6.29 Å². The summed E-state index contributed by atoms with van der Waals surface area (Å²) in [7, 11) is 0. The zero-order valence-corrected chi connectivity index (χ0v) is 5.79. The molecular weight excluding hydrogens is 134 g/mol. The van der Waals surface area contributed by atoms with E-state index in [-0.39, 0.29) is 26.1 Å². The van der Waals surface area contributed by atoms with Crippen molar-refractivity contribution in [2.45, 2.75) is 18.4 Å². The summed E-state index contributed by atoms with van der Waals surface area (Å²) in [6, 6.07) is 0. The second-order valence-corrected chi connectivity index (χ2v) is 2.30. The predicted molar refractivity (Wildman–Crippen MR) is 36.4 cm³/mol. The lowest BCUT2D eigenvalue weighted by Gasteiger charge is -2.19. The van der Waals surface area contributed by atoms with E-state index in [2.05, 4.69) is 0 Å². The first-order valence-electron chi connectivity index (χ1n) is 3.15. The van der Waals surface area contributed by atoms with Gasteiger partial charge in [0.2, 0.25) is 0 Å². The molecule has 0 aliphatic heterocycles. The largest absolute Gasteiger partial charge is 0.396 e. The molecule has 0 aromatic heterocycles. The van der Waals surface area contributed by atoms with Gasteiger partial charge in [0.05, 0.1) is 5.54 Å². The smallest absolute Gasteiger partial charge is 0.139 e. The molecule has 0 aliphatic rings. The van der Waals surface area contributed by atoms with Crippen molar-refractivity contribution in [3.8, 4) is 0 Å². The van der Waals surface area contributed by atoms with Gasteiger partial charge in [-0.25, -0.2) is 0 Å². The van der Waals surface area contributed by atoms with Gasteiger partial charge in [-0.05, 0) is 12.8 Å². The van der Waals surface area contributed by atoms with Crippen LogP contribution < -0.4 is 5.73 Å². The molecule has 0 radical (unpaired) electrons. The van der Waals surface area contributed by atoms with E-state index in [0.717, 1.165) is 0 Å². The average molecular weight is 147 g/mol. The Morgan fingerprint density at radius 1 is 1.30 bits per heavy atom. The van der Waals surface area contributed by atoms with E-state index < -0.39 is 5.54 Å². The molecule has 0 amide bonds. The molecule has 0 fully saturated rings. The number of hydrogen-bond donors (Lipinski definition) is 3. The molecule has 4 heteroatoms. The van der Waals surface area contributed by atoms with Gasteiger partial charge in [0.1, 0.15) is 6.29 Å². The van der Waals surface area contributed by atoms with Crippen LogP contribution in [0.1, 0.15) is 12.8 Å². The number of rotatable bonds is 5. The first kappa shape index (κ1) is 9.55. The summed E-state index contributed by atoms with van der Waals surface area (Å²) < 4.78 is 0. The molecule has 0 aliphatic carbocycles. The van der Waals surface area contributed by atoms with Crippen LogP contribution in [-0.4, -0.2) is 35.3 Å². The third-order valence-electron chi connectivity index (χ3n) is 1.39. The zero-order chi connectivity index (χ0) is 8.04. The maximum atomic E-state index is 10.3. The van der Waals surface area contributed by atoms with E-state index in [4.69, 9.17) is 15.9 Å². The SMILES string of the molecule is NC(C=O)(CCO)CCO. The fraction of sp³-hybridized carbons (Fsp3) is 0.833. The molecule has 0 saturated heterocycles. The number of aldehydes is 1. The molecule has 4 nitrogen and oxygen atoms in total. The van der Waals surface area contributed by atoms with E-state index in [1.54, 1.807) is 0 Å². The van der Waals surface area contributed by atoms with Gasteiger partial charge in [-0.3, -0.25) is 0 Å². The van der Waals surface area contributed by atoms with Crippen LogP contribution in [0.5, 0.6) is 0 Å². The Kier molecular flexibility index (Phi) is 4.18. The molecule has 0 aromatic carbocycles. The number of carbonyl (C=O) groups excluding carboxylic acids is 1. The Balaban J connectivity index is 3.81. The first-order chi connectivity index (χ1) is 4.68. The fourth-order valence-electron chi connectivity index (χ4n) is 0.659. The summed E-state index contributed by atoms with van der Waals surface area (Å²) >= 11 is 0. The van der Waals surface area contributed by atoms with Crippen LogP contribution in [0.4, 0.5) is 0 Å². The second kappa shape index (κ2) is 4.38. The van der Waals surface area contributed by atoms with Gasteiger partial charge >= 0.3 is 0 Å². The minimum atomic E-state index is -1.04. The Bertz CT molecular complexity index is 99.2. The van der Waals surface area contributed by atoms with Crippen molar-refractivity contribution in [2.75, 3.05) is 13.2 Å². The number of aliphatic hydroxyl groups is 2. The maximum absolute atomic E-state index is 10.3. The topological polar surface area (TPSA) is 83.6 Å². The summed E-state index contributed by atoms with van der Waals surface area (Å²) in [6.07, 6.45) is 0.980. The van der Waals surface area contributed by atoms with Gasteiger partial charge in [0.15, 0.2) is 0 Å². The standard InChI is InChI=1S/C6H13NO3/c7-6(5-10,1-3-8)2-4-9/h5,8-9H,1-4,7H2. The van der Waals surface area contributed by atoms with Crippen molar-refractivity contribution in [3.63, 3.8) is 0 Å². The van der Waals surface area contributed by atoms with Crippen molar-refractivity contribution in [1.29, 1.82) is 0 Å². The molecule has 0 rings (SSSR count). The number of carbonyl (C=O) groups is 1. The van der Waals surface area contributed by atoms with E-state index >= 15 is 0 Å². The Hall–Kier alpha value is -0.450. The van der Waals surface area contributed by atoms with Crippen LogP contribution in [0.15, 0.2) is 0 Å². The highest BCUT2D eigenvalue weighted by Crippen LogP contribution is 2.06.